The van der Waals surface area contributed by atoms with Crippen LogP contribution in [0.3, 0.4) is 0 Å². The van der Waals surface area contributed by atoms with Gasteiger partial charge >= 0.3 is 5.97 Å². The first kappa shape index (κ1) is 11.9. The quantitative estimate of drug-likeness (QED) is 0.706. The van der Waals surface area contributed by atoms with Gasteiger partial charge in [0.2, 0.25) is 0 Å². The van der Waals surface area contributed by atoms with Gasteiger partial charge in [0.1, 0.15) is 5.54 Å². The zero-order chi connectivity index (χ0) is 11.4. The van der Waals surface area contributed by atoms with Gasteiger partial charge in [0.05, 0.1) is 7.11 Å². The summed E-state index contributed by atoms with van der Waals surface area (Å²) in [4.78, 5) is 14.5. The van der Waals surface area contributed by atoms with Gasteiger partial charge < -0.3 is 10.1 Å². The maximum Gasteiger partial charge on any atom is 0.326 e. The van der Waals surface area contributed by atoms with E-state index in [0.29, 0.717) is 0 Å². The number of rotatable bonds is 2. The van der Waals surface area contributed by atoms with Crippen molar-refractivity contribution < 1.29 is 9.53 Å². The highest BCUT2D eigenvalue weighted by atomic mass is 16.5. The molecule has 0 atom stereocenters. The van der Waals surface area contributed by atoms with Gasteiger partial charge in [-0.2, -0.15) is 0 Å². The molecule has 2 rings (SSSR count). The van der Waals surface area contributed by atoms with Crippen molar-refractivity contribution in [3.8, 4) is 0 Å². The lowest BCUT2D eigenvalue weighted by molar-refractivity contribution is -0.158. The number of ether oxygens (including phenoxy) is 1. The normalized spacial score (nSPS) is 26.3. The van der Waals surface area contributed by atoms with E-state index in [4.69, 9.17) is 4.74 Å². The third kappa shape index (κ3) is 2.09. The molecule has 0 aromatic rings. The average molecular weight is 226 g/mol. The van der Waals surface area contributed by atoms with E-state index in [1.165, 1.54) is 26.4 Å². The number of hydrogen-bond acceptors (Lipinski definition) is 4. The van der Waals surface area contributed by atoms with Gasteiger partial charge in [-0.25, -0.2) is 0 Å². The Hall–Kier alpha value is -0.610. The third-order valence-electron chi connectivity index (χ3n) is 3.96. The fourth-order valence-electron chi connectivity index (χ4n) is 3.00. The smallest absolute Gasteiger partial charge is 0.326 e. The van der Waals surface area contributed by atoms with Crippen LogP contribution < -0.4 is 5.32 Å². The van der Waals surface area contributed by atoms with Gasteiger partial charge in [0.15, 0.2) is 0 Å². The summed E-state index contributed by atoms with van der Waals surface area (Å²) in [6.07, 6.45) is 5.50. The SMILES string of the molecule is COC(=O)C1(N2CCCCC2)CCNCC1. The van der Waals surface area contributed by atoms with Gasteiger partial charge in [-0.1, -0.05) is 6.42 Å². The number of hydrogen-bond donors (Lipinski definition) is 1. The highest BCUT2D eigenvalue weighted by molar-refractivity contribution is 5.81. The first-order valence-electron chi connectivity index (χ1n) is 6.34. The maximum atomic E-state index is 12.1. The van der Waals surface area contributed by atoms with Crippen molar-refractivity contribution in [3.63, 3.8) is 0 Å². The van der Waals surface area contributed by atoms with Crippen LogP contribution in [0.1, 0.15) is 32.1 Å². The topological polar surface area (TPSA) is 41.6 Å². The van der Waals surface area contributed by atoms with Crippen LogP contribution in [-0.4, -0.2) is 49.7 Å². The number of likely N-dealkylation sites (tertiary alicyclic amines) is 1. The number of carbonyl (C=O) groups excluding carboxylic acids is 1. The number of methoxy groups -OCH3 is 1. The Bertz CT molecular complexity index is 243. The molecule has 2 aliphatic rings. The van der Waals surface area contributed by atoms with Crippen molar-refractivity contribution in [2.45, 2.75) is 37.6 Å². The van der Waals surface area contributed by atoms with Crippen molar-refractivity contribution in [2.75, 3.05) is 33.3 Å². The number of esters is 1. The molecule has 4 nitrogen and oxygen atoms in total. The van der Waals surface area contributed by atoms with Gasteiger partial charge in [-0.15, -0.1) is 0 Å². The van der Waals surface area contributed by atoms with Gasteiger partial charge in [-0.05, 0) is 51.9 Å². The molecule has 2 aliphatic heterocycles. The molecule has 2 heterocycles. The average Bonchev–Trinajstić information content (AvgIpc) is 2.39. The summed E-state index contributed by atoms with van der Waals surface area (Å²) < 4.78 is 5.04. The standard InChI is InChI=1S/C12H22N2O2/c1-16-11(15)12(5-7-13-8-6-12)14-9-3-2-4-10-14/h13H,2-10H2,1H3. The van der Waals surface area contributed by atoms with Crippen LogP contribution in [0, 0.1) is 0 Å². The minimum Gasteiger partial charge on any atom is -0.468 e. The molecule has 0 radical (unpaired) electrons. The summed E-state index contributed by atoms with van der Waals surface area (Å²) >= 11 is 0. The molecule has 0 spiro atoms. The molecule has 92 valence electrons. The lowest BCUT2D eigenvalue weighted by atomic mass is 9.85. The van der Waals surface area contributed by atoms with Crippen LogP contribution in [-0.2, 0) is 9.53 Å². The van der Waals surface area contributed by atoms with E-state index in [9.17, 15) is 4.79 Å². The number of piperidine rings is 2. The first-order chi connectivity index (χ1) is 7.79. The Balaban J connectivity index is 2.14. The molecule has 0 bridgehead atoms. The zero-order valence-corrected chi connectivity index (χ0v) is 10.1. The third-order valence-corrected chi connectivity index (χ3v) is 3.96. The van der Waals surface area contributed by atoms with Crippen LogP contribution in [0.4, 0.5) is 0 Å². The van der Waals surface area contributed by atoms with E-state index < -0.39 is 0 Å². The molecule has 0 unspecified atom stereocenters. The molecule has 0 amide bonds. The van der Waals surface area contributed by atoms with E-state index in [-0.39, 0.29) is 11.5 Å². The predicted molar refractivity (Wildman–Crippen MR) is 62.3 cm³/mol. The summed E-state index contributed by atoms with van der Waals surface area (Å²) in [6, 6.07) is 0. The zero-order valence-electron chi connectivity index (χ0n) is 10.1. The van der Waals surface area contributed by atoms with Crippen LogP contribution in [0.5, 0.6) is 0 Å². The van der Waals surface area contributed by atoms with Gasteiger partial charge in [-0.3, -0.25) is 9.69 Å². The molecule has 0 aliphatic carbocycles. The molecule has 1 N–H and O–H groups in total. The highest BCUT2D eigenvalue weighted by Gasteiger charge is 2.45. The van der Waals surface area contributed by atoms with E-state index in [1.54, 1.807) is 0 Å². The molecule has 0 saturated carbocycles. The van der Waals surface area contributed by atoms with Crippen LogP contribution in [0.15, 0.2) is 0 Å². The fraction of sp³-hybridized carbons (Fsp3) is 0.917. The molecule has 16 heavy (non-hydrogen) atoms. The summed E-state index contributed by atoms with van der Waals surface area (Å²) in [5, 5.41) is 3.32. The van der Waals surface area contributed by atoms with Crippen molar-refractivity contribution in [1.82, 2.24) is 10.2 Å². The van der Waals surface area contributed by atoms with E-state index in [2.05, 4.69) is 10.2 Å². The molecule has 4 heteroatoms. The fourth-order valence-corrected chi connectivity index (χ4v) is 3.00. The summed E-state index contributed by atoms with van der Waals surface area (Å²) in [5.74, 6) is -0.0316. The van der Waals surface area contributed by atoms with Crippen molar-refractivity contribution in [2.24, 2.45) is 0 Å². The lowest BCUT2D eigenvalue weighted by Crippen LogP contribution is -2.61. The molecule has 2 saturated heterocycles. The van der Waals surface area contributed by atoms with Crippen molar-refractivity contribution >= 4 is 5.97 Å². The Labute approximate surface area is 97.3 Å². The Kier molecular flexibility index (Phi) is 3.82. The molecular formula is C12H22N2O2. The Morgan fingerprint density at radius 2 is 1.81 bits per heavy atom. The van der Waals surface area contributed by atoms with Crippen LogP contribution in [0.25, 0.3) is 0 Å². The van der Waals surface area contributed by atoms with E-state index in [0.717, 1.165) is 39.0 Å². The van der Waals surface area contributed by atoms with Gasteiger partial charge in [0, 0.05) is 0 Å². The Morgan fingerprint density at radius 3 is 2.38 bits per heavy atom. The van der Waals surface area contributed by atoms with Crippen molar-refractivity contribution in [1.29, 1.82) is 0 Å². The molecule has 2 fully saturated rings. The molecule has 0 aromatic heterocycles. The van der Waals surface area contributed by atoms with E-state index in [1.807, 2.05) is 0 Å². The summed E-state index contributed by atoms with van der Waals surface area (Å²) in [6.45, 7) is 3.95. The second-order valence-electron chi connectivity index (χ2n) is 4.82. The van der Waals surface area contributed by atoms with Crippen LogP contribution in [0.2, 0.25) is 0 Å². The molecule has 0 aromatic carbocycles. The largest absolute Gasteiger partial charge is 0.468 e. The second-order valence-corrected chi connectivity index (χ2v) is 4.82. The minimum absolute atomic E-state index is 0.0316. The van der Waals surface area contributed by atoms with E-state index >= 15 is 0 Å². The van der Waals surface area contributed by atoms with Crippen LogP contribution >= 0.6 is 0 Å². The maximum absolute atomic E-state index is 12.1. The van der Waals surface area contributed by atoms with Crippen molar-refractivity contribution in [3.05, 3.63) is 0 Å². The minimum atomic E-state index is -0.333. The Morgan fingerprint density at radius 1 is 1.19 bits per heavy atom. The molecular weight excluding hydrogens is 204 g/mol. The number of nitrogens with one attached hydrogen (secondary N) is 1. The predicted octanol–water partition coefficient (Wildman–Crippen LogP) is 0.767. The first-order valence-corrected chi connectivity index (χ1v) is 6.34. The second kappa shape index (κ2) is 5.15. The summed E-state index contributed by atoms with van der Waals surface area (Å²) in [7, 11) is 1.51. The highest BCUT2D eigenvalue weighted by Crippen LogP contribution is 2.30. The van der Waals surface area contributed by atoms with Gasteiger partial charge in [0.25, 0.3) is 0 Å². The number of carbonyl (C=O) groups is 1. The summed E-state index contributed by atoms with van der Waals surface area (Å²) in [5.41, 5.74) is -0.333. The number of nitrogens with zero attached hydrogens (tertiary/aromatic N) is 1. The monoisotopic (exact) mass is 226 g/mol. The lowest BCUT2D eigenvalue weighted by Gasteiger charge is -2.45.